The topological polar surface area (TPSA) is 84.7 Å². The number of hydrogen-bond donors (Lipinski definition) is 2. The molecule has 6 nitrogen and oxygen atoms in total. The van der Waals surface area contributed by atoms with Gasteiger partial charge in [-0.05, 0) is 25.8 Å². The summed E-state index contributed by atoms with van der Waals surface area (Å²) >= 11 is 0. The van der Waals surface area contributed by atoms with Crippen LogP contribution in [0.1, 0.15) is 19.3 Å². The van der Waals surface area contributed by atoms with Crippen molar-refractivity contribution in [3.05, 3.63) is 0 Å². The Morgan fingerprint density at radius 2 is 2.19 bits per heavy atom. The lowest BCUT2D eigenvalue weighted by Gasteiger charge is -2.21. The molecule has 1 saturated carbocycles. The van der Waals surface area contributed by atoms with Crippen LogP contribution in [0.3, 0.4) is 0 Å². The van der Waals surface area contributed by atoms with Gasteiger partial charge >= 0.3 is 0 Å². The van der Waals surface area contributed by atoms with E-state index in [4.69, 9.17) is 10.5 Å². The quantitative estimate of drug-likeness (QED) is 0.530. The van der Waals surface area contributed by atoms with Crippen molar-refractivity contribution in [3.63, 3.8) is 0 Å². The number of rotatable bonds is 9. The van der Waals surface area contributed by atoms with E-state index < -0.39 is 10.2 Å². The molecule has 1 rings (SSSR count). The predicted octanol–water partition coefficient (Wildman–Crippen LogP) is -0.720. The first-order valence-electron chi connectivity index (χ1n) is 5.57. The van der Waals surface area contributed by atoms with Gasteiger partial charge in [-0.15, -0.1) is 0 Å². The maximum atomic E-state index is 11.9. The Bertz CT molecular complexity index is 290. The lowest BCUT2D eigenvalue weighted by Crippen LogP contribution is -2.44. The van der Waals surface area contributed by atoms with E-state index in [-0.39, 0.29) is 6.04 Å². The molecule has 0 atom stereocenters. The van der Waals surface area contributed by atoms with E-state index >= 15 is 0 Å². The highest BCUT2D eigenvalue weighted by Gasteiger charge is 2.36. The zero-order valence-corrected chi connectivity index (χ0v) is 10.5. The second-order valence-electron chi connectivity index (χ2n) is 3.88. The van der Waals surface area contributed by atoms with Gasteiger partial charge in [0.2, 0.25) is 0 Å². The van der Waals surface area contributed by atoms with Crippen molar-refractivity contribution in [2.45, 2.75) is 25.3 Å². The van der Waals surface area contributed by atoms with Crippen LogP contribution in [0.5, 0.6) is 0 Å². The van der Waals surface area contributed by atoms with Crippen molar-refractivity contribution in [3.8, 4) is 0 Å². The summed E-state index contributed by atoms with van der Waals surface area (Å²) in [6.07, 6.45) is 2.60. The molecule has 0 aromatic carbocycles. The van der Waals surface area contributed by atoms with Gasteiger partial charge in [-0.3, -0.25) is 0 Å². The molecule has 1 fully saturated rings. The van der Waals surface area contributed by atoms with Gasteiger partial charge in [-0.2, -0.15) is 17.4 Å². The van der Waals surface area contributed by atoms with Crippen molar-refractivity contribution in [2.75, 3.05) is 33.4 Å². The van der Waals surface area contributed by atoms with Crippen molar-refractivity contribution >= 4 is 10.2 Å². The lowest BCUT2D eigenvalue weighted by atomic mass is 10.4. The summed E-state index contributed by atoms with van der Waals surface area (Å²) in [6.45, 7) is 1.71. The number of ether oxygens (including phenoxy) is 1. The largest absolute Gasteiger partial charge is 0.383 e. The summed E-state index contributed by atoms with van der Waals surface area (Å²) in [5, 5.41) is 0. The van der Waals surface area contributed by atoms with Crippen LogP contribution in [-0.4, -0.2) is 52.1 Å². The van der Waals surface area contributed by atoms with Crippen LogP contribution in [0.15, 0.2) is 0 Å². The van der Waals surface area contributed by atoms with Gasteiger partial charge < -0.3 is 10.5 Å². The summed E-state index contributed by atoms with van der Waals surface area (Å²) in [7, 11) is -1.81. The van der Waals surface area contributed by atoms with Crippen LogP contribution in [0, 0.1) is 0 Å². The molecule has 0 heterocycles. The summed E-state index contributed by atoms with van der Waals surface area (Å²) in [5.41, 5.74) is 5.40. The van der Waals surface area contributed by atoms with Gasteiger partial charge in [0.05, 0.1) is 6.61 Å². The fourth-order valence-corrected chi connectivity index (χ4v) is 2.94. The predicted molar refractivity (Wildman–Crippen MR) is 62.2 cm³/mol. The standard InChI is InChI=1S/C9H21N3O3S/c1-15-8-6-11-16(13,14)12(7-2-5-10)9-3-4-9/h9,11H,2-8,10H2,1H3. The Balaban J connectivity index is 2.47. The zero-order chi connectivity index (χ0) is 12.0. The second kappa shape index (κ2) is 6.51. The van der Waals surface area contributed by atoms with E-state index in [0.717, 1.165) is 12.8 Å². The van der Waals surface area contributed by atoms with E-state index in [1.54, 1.807) is 7.11 Å². The highest BCUT2D eigenvalue weighted by Crippen LogP contribution is 2.28. The van der Waals surface area contributed by atoms with Crippen LogP contribution in [0.2, 0.25) is 0 Å². The molecule has 7 heteroatoms. The van der Waals surface area contributed by atoms with E-state index in [1.807, 2.05) is 0 Å². The third-order valence-corrected chi connectivity index (χ3v) is 4.10. The molecule has 0 aromatic rings. The molecular weight excluding hydrogens is 230 g/mol. The average molecular weight is 251 g/mol. The van der Waals surface area contributed by atoms with Gasteiger partial charge in [-0.1, -0.05) is 0 Å². The van der Waals surface area contributed by atoms with E-state index in [1.165, 1.54) is 4.31 Å². The summed E-state index contributed by atoms with van der Waals surface area (Å²) in [6, 6.07) is 0.173. The van der Waals surface area contributed by atoms with Crippen molar-refractivity contribution in [1.29, 1.82) is 0 Å². The number of nitrogens with one attached hydrogen (secondary N) is 1. The van der Waals surface area contributed by atoms with Gasteiger partial charge in [0, 0.05) is 26.2 Å². The molecule has 1 aliphatic rings. The molecule has 0 unspecified atom stereocenters. The first-order chi connectivity index (χ1) is 7.61. The van der Waals surface area contributed by atoms with Crippen molar-refractivity contribution in [1.82, 2.24) is 9.03 Å². The number of methoxy groups -OCH3 is 1. The summed E-state index contributed by atoms with van der Waals surface area (Å²) in [4.78, 5) is 0. The first-order valence-corrected chi connectivity index (χ1v) is 7.01. The first kappa shape index (κ1) is 13.9. The van der Waals surface area contributed by atoms with Gasteiger partial charge in [0.15, 0.2) is 0 Å². The van der Waals surface area contributed by atoms with E-state index in [2.05, 4.69) is 4.72 Å². The molecule has 0 bridgehead atoms. The molecule has 1 aliphatic carbocycles. The number of hydrogen-bond acceptors (Lipinski definition) is 4. The van der Waals surface area contributed by atoms with E-state index in [0.29, 0.717) is 32.7 Å². The molecule has 0 aliphatic heterocycles. The summed E-state index contributed by atoms with van der Waals surface area (Å²) in [5.74, 6) is 0. The maximum absolute atomic E-state index is 11.9. The minimum atomic E-state index is -3.36. The van der Waals surface area contributed by atoms with Gasteiger partial charge in [0.1, 0.15) is 0 Å². The molecule has 0 radical (unpaired) electrons. The van der Waals surface area contributed by atoms with Crippen LogP contribution >= 0.6 is 0 Å². The molecule has 0 spiro atoms. The normalized spacial score (nSPS) is 16.9. The molecular formula is C9H21N3O3S. The maximum Gasteiger partial charge on any atom is 0.279 e. The fourth-order valence-electron chi connectivity index (χ4n) is 1.46. The molecule has 0 amide bonds. The van der Waals surface area contributed by atoms with E-state index in [9.17, 15) is 8.42 Å². The molecule has 0 saturated heterocycles. The minimum Gasteiger partial charge on any atom is -0.383 e. The molecule has 3 N–H and O–H groups in total. The van der Waals surface area contributed by atoms with Gasteiger partial charge in [0.25, 0.3) is 10.2 Å². The third-order valence-electron chi connectivity index (χ3n) is 2.44. The molecule has 0 aromatic heterocycles. The van der Waals surface area contributed by atoms with Crippen molar-refractivity contribution < 1.29 is 13.2 Å². The lowest BCUT2D eigenvalue weighted by molar-refractivity contribution is 0.203. The molecule has 16 heavy (non-hydrogen) atoms. The second-order valence-corrected chi connectivity index (χ2v) is 5.58. The van der Waals surface area contributed by atoms with Crippen LogP contribution in [0.25, 0.3) is 0 Å². The van der Waals surface area contributed by atoms with Crippen molar-refractivity contribution in [2.24, 2.45) is 5.73 Å². The minimum absolute atomic E-state index is 0.173. The Morgan fingerprint density at radius 3 is 2.69 bits per heavy atom. The Morgan fingerprint density at radius 1 is 1.50 bits per heavy atom. The number of nitrogens with zero attached hydrogens (tertiary/aromatic N) is 1. The highest BCUT2D eigenvalue weighted by molar-refractivity contribution is 7.87. The molecule has 96 valence electrons. The van der Waals surface area contributed by atoms with Crippen LogP contribution in [0.4, 0.5) is 0 Å². The monoisotopic (exact) mass is 251 g/mol. The number of nitrogens with two attached hydrogens (primary N) is 1. The SMILES string of the molecule is COCCNS(=O)(=O)N(CCCN)C1CC1. The Labute approximate surface area is 97.3 Å². The third kappa shape index (κ3) is 4.34. The highest BCUT2D eigenvalue weighted by atomic mass is 32.2. The Hall–Kier alpha value is -0.210. The summed E-state index contributed by atoms with van der Waals surface area (Å²) < 4.78 is 32.7. The van der Waals surface area contributed by atoms with Crippen LogP contribution in [-0.2, 0) is 14.9 Å². The fraction of sp³-hybridized carbons (Fsp3) is 1.00. The van der Waals surface area contributed by atoms with Crippen LogP contribution < -0.4 is 10.5 Å². The van der Waals surface area contributed by atoms with Gasteiger partial charge in [-0.25, -0.2) is 0 Å². The average Bonchev–Trinajstić information content (AvgIpc) is 3.02. The smallest absolute Gasteiger partial charge is 0.279 e. The Kier molecular flexibility index (Phi) is 5.63. The zero-order valence-electron chi connectivity index (χ0n) is 9.68.